The molecule has 0 atom stereocenters. The highest BCUT2D eigenvalue weighted by Gasteiger charge is 2.36. The van der Waals surface area contributed by atoms with E-state index in [-0.39, 0.29) is 11.1 Å². The SMILES string of the molecule is O=C1S/C(=C\c2c3ccccc3cc3ccccc23)C(=O)N1c1ccc(Cl)cc1. The number of nitrogens with zero attached hydrogens (tertiary/aromatic N) is 1. The predicted molar refractivity (Wildman–Crippen MR) is 121 cm³/mol. The molecule has 1 heterocycles. The lowest BCUT2D eigenvalue weighted by Gasteiger charge is -2.12. The second kappa shape index (κ2) is 7.07. The predicted octanol–water partition coefficient (Wildman–Crippen LogP) is 6.89. The van der Waals surface area contributed by atoms with Crippen LogP contribution in [0.2, 0.25) is 5.02 Å². The number of amides is 2. The summed E-state index contributed by atoms with van der Waals surface area (Å²) in [5, 5.41) is 4.52. The Morgan fingerprint density at radius 1 is 0.793 bits per heavy atom. The summed E-state index contributed by atoms with van der Waals surface area (Å²) < 4.78 is 0. The van der Waals surface area contributed by atoms with Crippen molar-refractivity contribution < 1.29 is 9.59 Å². The quantitative estimate of drug-likeness (QED) is 0.264. The van der Waals surface area contributed by atoms with Gasteiger partial charge in [0.1, 0.15) is 0 Å². The molecule has 0 spiro atoms. The van der Waals surface area contributed by atoms with E-state index in [1.165, 1.54) is 4.90 Å². The van der Waals surface area contributed by atoms with Gasteiger partial charge >= 0.3 is 0 Å². The molecule has 0 radical (unpaired) electrons. The van der Waals surface area contributed by atoms with Crippen LogP contribution >= 0.6 is 23.4 Å². The molecule has 5 heteroatoms. The first kappa shape index (κ1) is 18.0. The number of carbonyl (C=O) groups is 2. The largest absolute Gasteiger partial charge is 0.298 e. The molecule has 5 rings (SSSR count). The molecule has 0 aromatic heterocycles. The Labute approximate surface area is 176 Å². The maximum Gasteiger partial charge on any atom is 0.298 e. The first-order chi connectivity index (χ1) is 14.1. The normalized spacial score (nSPS) is 15.8. The Kier molecular flexibility index (Phi) is 4.38. The van der Waals surface area contributed by atoms with Crippen molar-refractivity contribution in [3.8, 4) is 0 Å². The van der Waals surface area contributed by atoms with Crippen molar-refractivity contribution in [1.29, 1.82) is 0 Å². The number of halogens is 1. The number of benzene rings is 4. The molecule has 0 unspecified atom stereocenters. The third-order valence-electron chi connectivity index (χ3n) is 4.97. The zero-order chi connectivity index (χ0) is 20.0. The first-order valence-electron chi connectivity index (χ1n) is 9.06. The minimum atomic E-state index is -0.320. The first-order valence-corrected chi connectivity index (χ1v) is 10.3. The van der Waals surface area contributed by atoms with E-state index in [9.17, 15) is 9.59 Å². The topological polar surface area (TPSA) is 37.4 Å². The van der Waals surface area contributed by atoms with Gasteiger partial charge < -0.3 is 0 Å². The van der Waals surface area contributed by atoms with Gasteiger partial charge in [0.2, 0.25) is 0 Å². The number of hydrogen-bond acceptors (Lipinski definition) is 3. The standard InChI is InChI=1S/C24H14ClNO2S/c25-17-9-11-18(12-10-17)26-23(27)22(29-24(26)28)14-21-19-7-3-1-5-15(19)13-16-6-2-4-8-20(16)21/h1-14H/b22-14-. The molecule has 0 bridgehead atoms. The van der Waals surface area contributed by atoms with Gasteiger partial charge in [-0.15, -0.1) is 0 Å². The van der Waals surface area contributed by atoms with Gasteiger partial charge in [0.25, 0.3) is 11.1 Å². The zero-order valence-corrected chi connectivity index (χ0v) is 16.7. The number of imide groups is 1. The molecular weight excluding hydrogens is 402 g/mol. The monoisotopic (exact) mass is 415 g/mol. The van der Waals surface area contributed by atoms with Gasteiger partial charge in [-0.2, -0.15) is 0 Å². The smallest absolute Gasteiger partial charge is 0.268 e. The molecule has 3 nitrogen and oxygen atoms in total. The average Bonchev–Trinajstić information content (AvgIpc) is 3.01. The molecule has 1 aliphatic rings. The van der Waals surface area contributed by atoms with Crippen LogP contribution in [0, 0.1) is 0 Å². The third kappa shape index (κ3) is 3.11. The summed E-state index contributed by atoms with van der Waals surface area (Å²) in [6.07, 6.45) is 1.84. The molecule has 0 aliphatic carbocycles. The Morgan fingerprint density at radius 3 is 2.00 bits per heavy atom. The maximum absolute atomic E-state index is 13.1. The summed E-state index contributed by atoms with van der Waals surface area (Å²) in [6, 6.07) is 25.0. The molecule has 2 amide bonds. The van der Waals surface area contributed by atoms with Gasteiger partial charge in [0, 0.05) is 5.02 Å². The molecule has 29 heavy (non-hydrogen) atoms. The van der Waals surface area contributed by atoms with E-state index in [0.29, 0.717) is 15.6 Å². The van der Waals surface area contributed by atoms with Crippen LogP contribution in [0.5, 0.6) is 0 Å². The van der Waals surface area contributed by atoms with Crippen molar-refractivity contribution >= 4 is 67.8 Å². The summed E-state index contributed by atoms with van der Waals surface area (Å²) >= 11 is 6.89. The van der Waals surface area contributed by atoms with Crippen molar-refractivity contribution in [2.45, 2.75) is 0 Å². The van der Waals surface area contributed by atoms with Crippen LogP contribution in [0.3, 0.4) is 0 Å². The van der Waals surface area contributed by atoms with Crippen LogP contribution < -0.4 is 4.90 Å². The van der Waals surface area contributed by atoms with Gasteiger partial charge in [0.05, 0.1) is 10.6 Å². The number of carbonyl (C=O) groups excluding carboxylic acids is 2. The summed E-state index contributed by atoms with van der Waals surface area (Å²) in [4.78, 5) is 27.3. The number of thioether (sulfide) groups is 1. The van der Waals surface area contributed by atoms with E-state index in [2.05, 4.69) is 18.2 Å². The van der Waals surface area contributed by atoms with Crippen molar-refractivity contribution in [2.24, 2.45) is 0 Å². The average molecular weight is 416 g/mol. The highest BCUT2D eigenvalue weighted by Crippen LogP contribution is 2.38. The summed E-state index contributed by atoms with van der Waals surface area (Å²) in [6.45, 7) is 0. The van der Waals surface area contributed by atoms with E-state index in [0.717, 1.165) is 38.9 Å². The van der Waals surface area contributed by atoms with Gasteiger partial charge in [-0.3, -0.25) is 9.59 Å². The third-order valence-corrected chi connectivity index (χ3v) is 6.09. The molecule has 1 aliphatic heterocycles. The maximum atomic E-state index is 13.1. The number of anilines is 1. The van der Waals surface area contributed by atoms with Crippen LogP contribution in [0.25, 0.3) is 27.6 Å². The zero-order valence-electron chi connectivity index (χ0n) is 15.1. The van der Waals surface area contributed by atoms with E-state index in [1.54, 1.807) is 24.3 Å². The summed E-state index contributed by atoms with van der Waals surface area (Å²) in [5.74, 6) is -0.320. The highest BCUT2D eigenvalue weighted by molar-refractivity contribution is 8.19. The second-order valence-electron chi connectivity index (χ2n) is 6.73. The van der Waals surface area contributed by atoms with Crippen LogP contribution in [0.1, 0.15) is 5.56 Å². The Hall–Kier alpha value is -3.08. The molecule has 1 fully saturated rings. The van der Waals surface area contributed by atoms with E-state index >= 15 is 0 Å². The lowest BCUT2D eigenvalue weighted by Crippen LogP contribution is -2.27. The highest BCUT2D eigenvalue weighted by atomic mass is 35.5. The van der Waals surface area contributed by atoms with Gasteiger partial charge in [-0.25, -0.2) is 4.90 Å². The van der Waals surface area contributed by atoms with Crippen LogP contribution in [-0.2, 0) is 4.79 Å². The minimum absolute atomic E-state index is 0.312. The van der Waals surface area contributed by atoms with Gasteiger partial charge in [-0.05, 0) is 75.3 Å². The molecule has 4 aromatic carbocycles. The van der Waals surface area contributed by atoms with Crippen molar-refractivity contribution in [3.63, 3.8) is 0 Å². The molecule has 4 aromatic rings. The van der Waals surface area contributed by atoms with E-state index in [1.807, 2.05) is 42.5 Å². The number of rotatable bonds is 2. The lowest BCUT2D eigenvalue weighted by atomic mass is 9.96. The van der Waals surface area contributed by atoms with E-state index in [4.69, 9.17) is 11.6 Å². The molecule has 140 valence electrons. The fourth-order valence-electron chi connectivity index (χ4n) is 3.62. The van der Waals surface area contributed by atoms with Crippen LogP contribution in [0.4, 0.5) is 10.5 Å². The summed E-state index contributed by atoms with van der Waals surface area (Å²) in [7, 11) is 0. The molecule has 0 saturated carbocycles. The van der Waals surface area contributed by atoms with Crippen molar-refractivity contribution in [2.75, 3.05) is 4.90 Å². The molecular formula is C24H14ClNO2S. The minimum Gasteiger partial charge on any atom is -0.268 e. The van der Waals surface area contributed by atoms with Crippen LogP contribution in [0.15, 0.2) is 83.8 Å². The fourth-order valence-corrected chi connectivity index (χ4v) is 4.57. The summed E-state index contributed by atoms with van der Waals surface area (Å²) in [5.41, 5.74) is 1.46. The van der Waals surface area contributed by atoms with Crippen LogP contribution in [-0.4, -0.2) is 11.1 Å². The second-order valence-corrected chi connectivity index (χ2v) is 8.16. The van der Waals surface area contributed by atoms with Crippen molar-refractivity contribution in [1.82, 2.24) is 0 Å². The molecule has 0 N–H and O–H groups in total. The van der Waals surface area contributed by atoms with Crippen molar-refractivity contribution in [3.05, 3.63) is 94.4 Å². The number of hydrogen-bond donors (Lipinski definition) is 0. The van der Waals surface area contributed by atoms with Gasteiger partial charge in [0.15, 0.2) is 0 Å². The van der Waals surface area contributed by atoms with Gasteiger partial charge in [-0.1, -0.05) is 60.1 Å². The Morgan fingerprint density at radius 2 is 1.38 bits per heavy atom. The Bertz CT molecular complexity index is 1270. The molecule has 1 saturated heterocycles. The lowest BCUT2D eigenvalue weighted by molar-refractivity contribution is -0.113. The number of fused-ring (bicyclic) bond motifs is 2. The fraction of sp³-hybridized carbons (Fsp3) is 0. The van der Waals surface area contributed by atoms with E-state index < -0.39 is 0 Å². The Balaban J connectivity index is 1.67.